The normalized spacial score (nSPS) is 10.6. The van der Waals surface area contributed by atoms with Crippen molar-refractivity contribution in [3.63, 3.8) is 0 Å². The van der Waals surface area contributed by atoms with Crippen LogP contribution >= 0.6 is 0 Å². The molecule has 0 fully saturated rings. The van der Waals surface area contributed by atoms with Gasteiger partial charge in [0.25, 0.3) is 0 Å². The number of anilines is 2. The number of nitrogens with two attached hydrogens (primary N) is 1. The SMILES string of the molecule is CCCOCCOCCCC(=O)Nc1ccc(F)c(N)c1. The monoisotopic (exact) mass is 298 g/mol. The lowest BCUT2D eigenvalue weighted by Gasteiger charge is -2.07. The first kappa shape index (κ1) is 17.4. The minimum absolute atomic E-state index is 0.0169. The van der Waals surface area contributed by atoms with Crippen LogP contribution in [0, 0.1) is 5.82 Å². The molecule has 0 saturated carbocycles. The van der Waals surface area contributed by atoms with E-state index in [0.29, 0.717) is 38.3 Å². The van der Waals surface area contributed by atoms with Crippen molar-refractivity contribution in [3.8, 4) is 0 Å². The lowest BCUT2D eigenvalue weighted by atomic mass is 10.2. The quantitative estimate of drug-likeness (QED) is 0.514. The zero-order valence-corrected chi connectivity index (χ0v) is 12.4. The smallest absolute Gasteiger partial charge is 0.224 e. The van der Waals surface area contributed by atoms with Gasteiger partial charge < -0.3 is 20.5 Å². The van der Waals surface area contributed by atoms with Crippen LogP contribution in [0.25, 0.3) is 0 Å². The summed E-state index contributed by atoms with van der Waals surface area (Å²) >= 11 is 0. The molecular weight excluding hydrogens is 275 g/mol. The largest absolute Gasteiger partial charge is 0.396 e. The molecule has 0 heterocycles. The number of amides is 1. The van der Waals surface area contributed by atoms with Crippen molar-refractivity contribution in [2.45, 2.75) is 26.2 Å². The number of halogens is 1. The Kier molecular flexibility index (Phi) is 8.38. The number of rotatable bonds is 10. The third-order valence-electron chi connectivity index (χ3n) is 2.69. The van der Waals surface area contributed by atoms with Crippen molar-refractivity contribution in [2.24, 2.45) is 0 Å². The number of hydrogen-bond acceptors (Lipinski definition) is 4. The number of carbonyl (C=O) groups excluding carboxylic acids is 1. The molecule has 0 bridgehead atoms. The summed E-state index contributed by atoms with van der Waals surface area (Å²) in [6, 6.07) is 4.10. The maximum absolute atomic E-state index is 13.0. The molecule has 1 amide bonds. The molecule has 0 aliphatic carbocycles. The van der Waals surface area contributed by atoms with E-state index in [-0.39, 0.29) is 11.6 Å². The Balaban J connectivity index is 2.10. The highest BCUT2D eigenvalue weighted by Gasteiger charge is 2.04. The van der Waals surface area contributed by atoms with Gasteiger partial charge in [-0.25, -0.2) is 4.39 Å². The molecule has 1 rings (SSSR count). The van der Waals surface area contributed by atoms with Gasteiger partial charge in [-0.3, -0.25) is 4.79 Å². The number of ether oxygens (including phenoxy) is 2. The summed E-state index contributed by atoms with van der Waals surface area (Å²) in [5, 5.41) is 2.66. The van der Waals surface area contributed by atoms with E-state index in [1.807, 2.05) is 6.92 Å². The van der Waals surface area contributed by atoms with Crippen molar-refractivity contribution < 1.29 is 18.7 Å². The Morgan fingerprint density at radius 3 is 2.62 bits per heavy atom. The third kappa shape index (κ3) is 7.63. The fourth-order valence-electron chi connectivity index (χ4n) is 1.65. The van der Waals surface area contributed by atoms with E-state index >= 15 is 0 Å². The van der Waals surface area contributed by atoms with Crippen LogP contribution in [0.2, 0.25) is 0 Å². The zero-order valence-electron chi connectivity index (χ0n) is 12.4. The highest BCUT2D eigenvalue weighted by Crippen LogP contribution is 2.16. The Morgan fingerprint density at radius 2 is 1.95 bits per heavy atom. The Bertz CT molecular complexity index is 441. The lowest BCUT2D eigenvalue weighted by Crippen LogP contribution is -2.13. The van der Waals surface area contributed by atoms with Crippen molar-refractivity contribution >= 4 is 17.3 Å². The summed E-state index contributed by atoms with van der Waals surface area (Å²) in [5.41, 5.74) is 5.94. The minimum atomic E-state index is -0.494. The molecular formula is C15H23FN2O3. The fourth-order valence-corrected chi connectivity index (χ4v) is 1.65. The Labute approximate surface area is 124 Å². The van der Waals surface area contributed by atoms with Crippen LogP contribution in [0.1, 0.15) is 26.2 Å². The Hall–Kier alpha value is -1.66. The highest BCUT2D eigenvalue weighted by molar-refractivity contribution is 5.91. The average Bonchev–Trinajstić information content (AvgIpc) is 2.46. The van der Waals surface area contributed by atoms with E-state index in [9.17, 15) is 9.18 Å². The van der Waals surface area contributed by atoms with Crippen molar-refractivity contribution in [2.75, 3.05) is 37.5 Å². The highest BCUT2D eigenvalue weighted by atomic mass is 19.1. The van der Waals surface area contributed by atoms with Crippen LogP contribution in [-0.4, -0.2) is 32.3 Å². The summed E-state index contributed by atoms with van der Waals surface area (Å²) in [6.07, 6.45) is 1.96. The van der Waals surface area contributed by atoms with Crippen molar-refractivity contribution in [1.29, 1.82) is 0 Å². The van der Waals surface area contributed by atoms with Gasteiger partial charge in [0.05, 0.1) is 18.9 Å². The minimum Gasteiger partial charge on any atom is -0.396 e. The molecule has 21 heavy (non-hydrogen) atoms. The van der Waals surface area contributed by atoms with E-state index < -0.39 is 5.82 Å². The van der Waals surface area contributed by atoms with E-state index in [4.69, 9.17) is 15.2 Å². The third-order valence-corrected chi connectivity index (χ3v) is 2.69. The first-order chi connectivity index (χ1) is 10.1. The second-order valence-electron chi connectivity index (χ2n) is 4.61. The molecule has 0 aromatic heterocycles. The summed E-state index contributed by atoms with van der Waals surface area (Å²) in [4.78, 5) is 11.7. The molecule has 118 valence electrons. The number of nitrogen functional groups attached to an aromatic ring is 1. The molecule has 3 N–H and O–H groups in total. The van der Waals surface area contributed by atoms with E-state index in [1.54, 1.807) is 0 Å². The number of carbonyl (C=O) groups is 1. The predicted molar refractivity (Wildman–Crippen MR) is 80.6 cm³/mol. The standard InChI is InChI=1S/C15H23FN2O3/c1-2-7-20-9-10-21-8-3-4-15(19)18-12-5-6-13(16)14(17)11-12/h5-6,11H,2-4,7-10,17H2,1H3,(H,18,19). The molecule has 0 atom stereocenters. The van der Waals surface area contributed by atoms with E-state index in [1.165, 1.54) is 18.2 Å². The first-order valence-corrected chi connectivity index (χ1v) is 7.14. The van der Waals surface area contributed by atoms with Gasteiger partial charge in [0.15, 0.2) is 0 Å². The molecule has 0 spiro atoms. The molecule has 0 unspecified atom stereocenters. The first-order valence-electron chi connectivity index (χ1n) is 7.14. The van der Waals surface area contributed by atoms with E-state index in [0.717, 1.165) is 13.0 Å². The molecule has 0 aliphatic rings. The van der Waals surface area contributed by atoms with Crippen molar-refractivity contribution in [1.82, 2.24) is 0 Å². The Morgan fingerprint density at radius 1 is 1.24 bits per heavy atom. The van der Waals surface area contributed by atoms with Crippen LogP contribution < -0.4 is 11.1 Å². The van der Waals surface area contributed by atoms with Gasteiger partial charge in [0.1, 0.15) is 5.82 Å². The summed E-state index contributed by atoms with van der Waals surface area (Å²) < 4.78 is 23.6. The van der Waals surface area contributed by atoms with E-state index in [2.05, 4.69) is 5.32 Å². The maximum Gasteiger partial charge on any atom is 0.224 e. The van der Waals surface area contributed by atoms with Gasteiger partial charge in [0.2, 0.25) is 5.91 Å². The van der Waals surface area contributed by atoms with Gasteiger partial charge in [0, 0.05) is 25.3 Å². The van der Waals surface area contributed by atoms with Crippen LogP contribution in [0.5, 0.6) is 0 Å². The molecule has 1 aromatic carbocycles. The van der Waals surface area contributed by atoms with Crippen LogP contribution in [0.3, 0.4) is 0 Å². The maximum atomic E-state index is 13.0. The summed E-state index contributed by atoms with van der Waals surface area (Å²) in [5.74, 6) is -0.640. The van der Waals surface area contributed by atoms with Crippen LogP contribution in [-0.2, 0) is 14.3 Å². The van der Waals surface area contributed by atoms with Gasteiger partial charge in [-0.05, 0) is 31.0 Å². The predicted octanol–water partition coefficient (Wildman–Crippen LogP) is 2.57. The van der Waals surface area contributed by atoms with Crippen LogP contribution in [0.15, 0.2) is 18.2 Å². The van der Waals surface area contributed by atoms with Gasteiger partial charge >= 0.3 is 0 Å². The molecule has 1 aromatic rings. The lowest BCUT2D eigenvalue weighted by molar-refractivity contribution is -0.116. The molecule has 0 aliphatic heterocycles. The second-order valence-corrected chi connectivity index (χ2v) is 4.61. The van der Waals surface area contributed by atoms with Crippen LogP contribution in [0.4, 0.5) is 15.8 Å². The summed E-state index contributed by atoms with van der Waals surface area (Å²) in [6.45, 7) is 4.42. The average molecular weight is 298 g/mol. The zero-order chi connectivity index (χ0) is 15.5. The molecule has 0 radical (unpaired) electrons. The molecule has 5 nitrogen and oxygen atoms in total. The summed E-state index contributed by atoms with van der Waals surface area (Å²) in [7, 11) is 0. The number of benzene rings is 1. The topological polar surface area (TPSA) is 73.6 Å². The number of hydrogen-bond donors (Lipinski definition) is 2. The molecule has 6 heteroatoms. The van der Waals surface area contributed by atoms with Crippen molar-refractivity contribution in [3.05, 3.63) is 24.0 Å². The second kappa shape index (κ2) is 10.1. The molecule has 0 saturated heterocycles. The fraction of sp³-hybridized carbons (Fsp3) is 0.533. The van der Waals surface area contributed by atoms with Gasteiger partial charge in [-0.2, -0.15) is 0 Å². The van der Waals surface area contributed by atoms with Gasteiger partial charge in [-0.1, -0.05) is 6.92 Å². The van der Waals surface area contributed by atoms with Gasteiger partial charge in [-0.15, -0.1) is 0 Å². The number of nitrogens with one attached hydrogen (secondary N) is 1.